The summed E-state index contributed by atoms with van der Waals surface area (Å²) in [6.45, 7) is 0.117. The fraction of sp³-hybridized carbons (Fsp3) is 0.0769. The first-order chi connectivity index (χ1) is 9.15. The van der Waals surface area contributed by atoms with Crippen LogP contribution >= 0.6 is 0 Å². The van der Waals surface area contributed by atoms with E-state index in [0.29, 0.717) is 11.4 Å². The van der Waals surface area contributed by atoms with Crippen molar-refractivity contribution in [3.8, 4) is 0 Å². The highest BCUT2D eigenvalue weighted by atomic mass is 16.4. The first-order valence-corrected chi connectivity index (χ1v) is 5.57. The van der Waals surface area contributed by atoms with Gasteiger partial charge in [0.25, 0.3) is 0 Å². The number of aromatic carboxylic acids is 1. The van der Waals surface area contributed by atoms with Gasteiger partial charge >= 0.3 is 12.0 Å². The molecule has 1 heterocycles. The number of carbonyl (C=O) groups excluding carboxylic acids is 1. The zero-order chi connectivity index (χ0) is 13.7. The number of carboxylic acid groups (broad SMARTS) is 1. The average Bonchev–Trinajstić information content (AvgIpc) is 2.86. The van der Waals surface area contributed by atoms with Crippen LogP contribution in [0.1, 0.15) is 16.3 Å². The number of rotatable bonds is 4. The summed E-state index contributed by atoms with van der Waals surface area (Å²) in [6, 6.07) is 11.4. The van der Waals surface area contributed by atoms with E-state index in [1.807, 2.05) is 6.07 Å². The van der Waals surface area contributed by atoms with Crippen LogP contribution in [-0.4, -0.2) is 17.1 Å². The van der Waals surface area contributed by atoms with Crippen molar-refractivity contribution >= 4 is 17.7 Å². The fourth-order valence-electron chi connectivity index (χ4n) is 1.45. The van der Waals surface area contributed by atoms with Crippen LogP contribution in [0.2, 0.25) is 0 Å². The Hall–Kier alpha value is -2.76. The van der Waals surface area contributed by atoms with Crippen molar-refractivity contribution in [3.05, 3.63) is 54.0 Å². The summed E-state index contributed by atoms with van der Waals surface area (Å²) in [5.41, 5.74) is 0.672. The number of carboxylic acids is 1. The quantitative estimate of drug-likeness (QED) is 0.786. The number of anilines is 1. The Morgan fingerprint density at radius 3 is 2.47 bits per heavy atom. The molecule has 0 aliphatic rings. The highest BCUT2D eigenvalue weighted by Crippen LogP contribution is 2.08. The van der Waals surface area contributed by atoms with Crippen LogP contribution < -0.4 is 10.6 Å². The minimum absolute atomic E-state index is 0.117. The number of nitrogens with one attached hydrogen (secondary N) is 2. The number of furan rings is 1. The SMILES string of the molecule is O=C(NCc1ccc(C(=O)O)o1)Nc1ccccc1. The Kier molecular flexibility index (Phi) is 3.82. The number of carbonyl (C=O) groups is 2. The van der Waals surface area contributed by atoms with Crippen molar-refractivity contribution in [2.75, 3.05) is 5.32 Å². The van der Waals surface area contributed by atoms with Gasteiger partial charge in [0, 0.05) is 5.69 Å². The van der Waals surface area contributed by atoms with E-state index in [1.165, 1.54) is 12.1 Å². The smallest absolute Gasteiger partial charge is 0.371 e. The lowest BCUT2D eigenvalue weighted by molar-refractivity contribution is 0.0660. The van der Waals surface area contributed by atoms with Gasteiger partial charge in [0.05, 0.1) is 6.54 Å². The summed E-state index contributed by atoms with van der Waals surface area (Å²) in [5.74, 6) is -0.916. The highest BCUT2D eigenvalue weighted by Gasteiger charge is 2.09. The van der Waals surface area contributed by atoms with Gasteiger partial charge in [-0.05, 0) is 24.3 Å². The second kappa shape index (κ2) is 5.72. The fourth-order valence-corrected chi connectivity index (χ4v) is 1.45. The Morgan fingerprint density at radius 2 is 1.84 bits per heavy atom. The topological polar surface area (TPSA) is 91.6 Å². The second-order valence-corrected chi connectivity index (χ2v) is 3.74. The predicted octanol–water partition coefficient (Wildman–Crippen LogP) is 2.30. The zero-order valence-electron chi connectivity index (χ0n) is 9.92. The summed E-state index contributed by atoms with van der Waals surface area (Å²) in [7, 11) is 0. The molecule has 1 aromatic carbocycles. The summed E-state index contributed by atoms with van der Waals surface area (Å²) < 4.78 is 5.00. The van der Waals surface area contributed by atoms with E-state index in [1.54, 1.807) is 24.3 Å². The van der Waals surface area contributed by atoms with Crippen molar-refractivity contribution in [1.82, 2.24) is 5.32 Å². The van der Waals surface area contributed by atoms with Crippen molar-refractivity contribution in [2.45, 2.75) is 6.54 Å². The predicted molar refractivity (Wildman–Crippen MR) is 68.0 cm³/mol. The van der Waals surface area contributed by atoms with E-state index < -0.39 is 5.97 Å². The van der Waals surface area contributed by atoms with Crippen LogP contribution in [-0.2, 0) is 6.54 Å². The molecule has 1 aromatic heterocycles. The number of benzene rings is 1. The summed E-state index contributed by atoms with van der Waals surface area (Å²) in [5, 5.41) is 13.9. The molecule has 0 spiro atoms. The minimum atomic E-state index is -1.14. The molecular weight excluding hydrogens is 248 g/mol. The molecule has 6 nitrogen and oxygen atoms in total. The molecular formula is C13H12N2O4. The van der Waals surface area contributed by atoms with E-state index in [0.717, 1.165) is 0 Å². The number of urea groups is 1. The molecule has 19 heavy (non-hydrogen) atoms. The maximum atomic E-state index is 11.5. The van der Waals surface area contributed by atoms with Gasteiger partial charge in [-0.2, -0.15) is 0 Å². The molecule has 0 aliphatic heterocycles. The van der Waals surface area contributed by atoms with Gasteiger partial charge in [0.2, 0.25) is 5.76 Å². The maximum Gasteiger partial charge on any atom is 0.371 e. The molecule has 0 saturated heterocycles. The van der Waals surface area contributed by atoms with Crippen LogP contribution in [0.5, 0.6) is 0 Å². The van der Waals surface area contributed by atoms with Crippen molar-refractivity contribution in [2.24, 2.45) is 0 Å². The molecule has 0 radical (unpaired) electrons. The summed E-state index contributed by atoms with van der Waals surface area (Å²) in [4.78, 5) is 22.1. The van der Waals surface area contributed by atoms with E-state index >= 15 is 0 Å². The highest BCUT2D eigenvalue weighted by molar-refractivity contribution is 5.89. The molecule has 3 N–H and O–H groups in total. The van der Waals surface area contributed by atoms with Gasteiger partial charge in [-0.3, -0.25) is 0 Å². The molecule has 0 bridgehead atoms. The van der Waals surface area contributed by atoms with Crippen LogP contribution in [0.25, 0.3) is 0 Å². The summed E-state index contributed by atoms with van der Waals surface area (Å²) >= 11 is 0. The van der Waals surface area contributed by atoms with Gasteiger partial charge in [-0.15, -0.1) is 0 Å². The molecule has 0 saturated carbocycles. The first-order valence-electron chi connectivity index (χ1n) is 5.57. The van der Waals surface area contributed by atoms with Crippen molar-refractivity contribution in [1.29, 1.82) is 0 Å². The van der Waals surface area contributed by atoms with Gasteiger partial charge in [-0.1, -0.05) is 18.2 Å². The second-order valence-electron chi connectivity index (χ2n) is 3.74. The summed E-state index contributed by atoms with van der Waals surface area (Å²) in [6.07, 6.45) is 0. The van der Waals surface area contributed by atoms with Crippen LogP contribution in [0.3, 0.4) is 0 Å². The van der Waals surface area contributed by atoms with Gasteiger partial charge in [0.15, 0.2) is 0 Å². The lowest BCUT2D eigenvalue weighted by Gasteiger charge is -2.05. The van der Waals surface area contributed by atoms with Gasteiger partial charge < -0.3 is 20.2 Å². The standard InChI is InChI=1S/C13H12N2O4/c16-12(17)11-7-6-10(19-11)8-14-13(18)15-9-4-2-1-3-5-9/h1-7H,8H2,(H,16,17)(H2,14,15,18). The zero-order valence-corrected chi connectivity index (χ0v) is 9.92. The van der Waals surface area contributed by atoms with Crippen LogP contribution in [0.15, 0.2) is 46.9 Å². The lowest BCUT2D eigenvalue weighted by Crippen LogP contribution is -2.27. The molecule has 2 aromatic rings. The van der Waals surface area contributed by atoms with E-state index in [9.17, 15) is 9.59 Å². The minimum Gasteiger partial charge on any atom is -0.475 e. The Labute approximate surface area is 109 Å². The van der Waals surface area contributed by atoms with Crippen LogP contribution in [0, 0.1) is 0 Å². The molecule has 2 rings (SSSR count). The maximum absolute atomic E-state index is 11.5. The number of para-hydroxylation sites is 1. The Morgan fingerprint density at radius 1 is 1.11 bits per heavy atom. The average molecular weight is 260 g/mol. The molecule has 98 valence electrons. The third-order valence-corrected chi connectivity index (χ3v) is 2.33. The normalized spacial score (nSPS) is 9.89. The molecule has 0 atom stereocenters. The lowest BCUT2D eigenvalue weighted by atomic mass is 10.3. The van der Waals surface area contributed by atoms with Crippen molar-refractivity contribution in [3.63, 3.8) is 0 Å². The van der Waals surface area contributed by atoms with E-state index in [4.69, 9.17) is 9.52 Å². The van der Waals surface area contributed by atoms with E-state index in [-0.39, 0.29) is 18.3 Å². The first kappa shape index (κ1) is 12.7. The molecule has 6 heteroatoms. The molecule has 0 unspecified atom stereocenters. The van der Waals surface area contributed by atoms with Crippen LogP contribution in [0.4, 0.5) is 10.5 Å². The number of hydrogen-bond donors (Lipinski definition) is 3. The Bertz CT molecular complexity index is 577. The van der Waals surface area contributed by atoms with Gasteiger partial charge in [0.1, 0.15) is 5.76 Å². The molecule has 2 amide bonds. The largest absolute Gasteiger partial charge is 0.475 e. The third kappa shape index (κ3) is 3.60. The molecule has 0 fully saturated rings. The number of hydrogen-bond acceptors (Lipinski definition) is 3. The number of amides is 2. The third-order valence-electron chi connectivity index (χ3n) is 2.33. The molecule has 0 aliphatic carbocycles. The van der Waals surface area contributed by atoms with Crippen molar-refractivity contribution < 1.29 is 19.1 Å². The van der Waals surface area contributed by atoms with E-state index in [2.05, 4.69) is 10.6 Å². The Balaban J connectivity index is 1.84. The van der Waals surface area contributed by atoms with Gasteiger partial charge in [-0.25, -0.2) is 9.59 Å². The monoisotopic (exact) mass is 260 g/mol.